The molecule has 16 heavy (non-hydrogen) atoms. The number of morpholine rings is 1. The van der Waals surface area contributed by atoms with Crippen molar-refractivity contribution < 1.29 is 4.74 Å². The zero-order chi connectivity index (χ0) is 11.1. The monoisotopic (exact) mass is 225 g/mol. The third-order valence-corrected chi connectivity index (χ3v) is 3.59. The topological polar surface area (TPSA) is 15.7 Å². The number of rotatable bonds is 5. The van der Waals surface area contributed by atoms with Crippen LogP contribution in [0.3, 0.4) is 0 Å². The van der Waals surface area contributed by atoms with Gasteiger partial charge in [0, 0.05) is 19.6 Å². The lowest BCUT2D eigenvalue weighted by molar-refractivity contribution is 0.0413. The molecule has 2 fully saturated rings. The Labute approximate surface area is 99.7 Å². The lowest BCUT2D eigenvalue weighted by Gasteiger charge is -2.28. The first kappa shape index (κ1) is 12.3. The highest BCUT2D eigenvalue weighted by atomic mass is 16.5. The van der Waals surface area contributed by atoms with E-state index in [9.17, 15) is 0 Å². The quantitative estimate of drug-likeness (QED) is 0.658. The van der Waals surface area contributed by atoms with Gasteiger partial charge < -0.3 is 9.64 Å². The summed E-state index contributed by atoms with van der Waals surface area (Å²) < 4.78 is 5.34. The molecule has 3 heteroatoms. The van der Waals surface area contributed by atoms with Gasteiger partial charge in [-0.05, 0) is 45.3 Å². The summed E-state index contributed by atoms with van der Waals surface area (Å²) in [7, 11) is 0. The van der Waals surface area contributed by atoms with Crippen molar-refractivity contribution in [2.45, 2.75) is 25.7 Å². The molecule has 0 amide bonds. The molecular weight excluding hydrogens is 200 g/mol. The largest absolute Gasteiger partial charge is 0.379 e. The smallest absolute Gasteiger partial charge is 0.0594 e. The van der Waals surface area contributed by atoms with Gasteiger partial charge in [-0.25, -0.2) is 0 Å². The van der Waals surface area contributed by atoms with Gasteiger partial charge in [-0.2, -0.15) is 0 Å². The molecule has 0 saturated carbocycles. The lowest BCUT2D eigenvalue weighted by atomic mass is 10.1. The molecule has 0 aromatic heterocycles. The summed E-state index contributed by atoms with van der Waals surface area (Å²) in [6.45, 7) is 9.12. The van der Waals surface area contributed by atoms with Gasteiger partial charge >= 0.3 is 0 Å². The average Bonchev–Trinajstić information content (AvgIpc) is 2.37. The highest BCUT2D eigenvalue weighted by Gasteiger charge is 2.11. The Hall–Kier alpha value is -0.120. The molecule has 0 aliphatic carbocycles. The average molecular weight is 225 g/mol. The van der Waals surface area contributed by atoms with Crippen molar-refractivity contribution >= 4 is 0 Å². The van der Waals surface area contributed by atoms with E-state index in [0.29, 0.717) is 0 Å². The van der Waals surface area contributed by atoms with Crippen LogP contribution in [0.5, 0.6) is 0 Å². The van der Waals surface area contributed by atoms with Crippen LogP contribution in [0.25, 0.3) is 0 Å². The van der Waals surface area contributed by atoms with Gasteiger partial charge in [-0.3, -0.25) is 4.90 Å². The van der Waals surface area contributed by atoms with E-state index in [0.717, 1.165) is 32.8 Å². The van der Waals surface area contributed by atoms with Crippen LogP contribution in [-0.4, -0.2) is 62.3 Å². The Morgan fingerprint density at radius 2 is 1.62 bits per heavy atom. The highest BCUT2D eigenvalue weighted by Crippen LogP contribution is 2.09. The van der Waals surface area contributed by atoms with Gasteiger partial charge in [0.15, 0.2) is 0 Å². The summed E-state index contributed by atoms with van der Waals surface area (Å²) in [5.74, 6) is 0. The molecule has 2 heterocycles. The minimum atomic E-state index is 0.917. The van der Waals surface area contributed by atoms with Gasteiger partial charge in [-0.15, -0.1) is 0 Å². The first-order chi connectivity index (χ1) is 7.95. The standard InChI is InChI=1S/C13H25N2O/c1-2-6-14(7-3-1)8-4-5-9-15-10-12-16-13-11-15/h5H,1-4,6-13H2. The van der Waals surface area contributed by atoms with Crippen LogP contribution in [0.15, 0.2) is 0 Å². The van der Waals surface area contributed by atoms with E-state index in [-0.39, 0.29) is 0 Å². The predicted molar refractivity (Wildman–Crippen MR) is 66.5 cm³/mol. The highest BCUT2D eigenvalue weighted by molar-refractivity contribution is 4.75. The fraction of sp³-hybridized carbons (Fsp3) is 0.923. The summed E-state index contributed by atoms with van der Waals surface area (Å²) in [6.07, 6.45) is 7.94. The van der Waals surface area contributed by atoms with Crippen LogP contribution in [0.4, 0.5) is 0 Å². The van der Waals surface area contributed by atoms with Crippen molar-refractivity contribution in [1.82, 2.24) is 9.80 Å². The molecule has 2 rings (SSSR count). The second kappa shape index (κ2) is 7.25. The maximum Gasteiger partial charge on any atom is 0.0594 e. The molecule has 2 aliphatic rings. The fourth-order valence-corrected chi connectivity index (χ4v) is 2.51. The summed E-state index contributed by atoms with van der Waals surface area (Å²) >= 11 is 0. The second-order valence-corrected chi connectivity index (χ2v) is 4.89. The van der Waals surface area contributed by atoms with Crippen LogP contribution in [0.1, 0.15) is 25.7 Å². The van der Waals surface area contributed by atoms with E-state index < -0.39 is 0 Å². The van der Waals surface area contributed by atoms with E-state index in [2.05, 4.69) is 16.2 Å². The number of hydrogen-bond acceptors (Lipinski definition) is 3. The Morgan fingerprint density at radius 1 is 0.875 bits per heavy atom. The molecule has 2 saturated heterocycles. The molecule has 0 bridgehead atoms. The van der Waals surface area contributed by atoms with Crippen LogP contribution in [0.2, 0.25) is 0 Å². The Balaban J connectivity index is 1.47. The normalized spacial score (nSPS) is 24.8. The molecule has 2 aliphatic heterocycles. The molecular formula is C13H25N2O. The Bertz CT molecular complexity index is 155. The molecule has 0 spiro atoms. The summed E-state index contributed by atoms with van der Waals surface area (Å²) in [6, 6.07) is 0. The van der Waals surface area contributed by atoms with E-state index in [1.807, 2.05) is 0 Å². The van der Waals surface area contributed by atoms with Crippen molar-refractivity contribution in [2.24, 2.45) is 0 Å². The fourth-order valence-electron chi connectivity index (χ4n) is 2.51. The number of unbranched alkanes of at least 4 members (excludes halogenated alkanes) is 1. The van der Waals surface area contributed by atoms with Crippen molar-refractivity contribution in [3.05, 3.63) is 6.42 Å². The van der Waals surface area contributed by atoms with Crippen molar-refractivity contribution in [2.75, 3.05) is 52.5 Å². The first-order valence-electron chi connectivity index (χ1n) is 6.79. The van der Waals surface area contributed by atoms with Crippen LogP contribution >= 0.6 is 0 Å². The molecule has 1 radical (unpaired) electrons. The van der Waals surface area contributed by atoms with Gasteiger partial charge in [0.2, 0.25) is 0 Å². The van der Waals surface area contributed by atoms with Gasteiger partial charge in [0.25, 0.3) is 0 Å². The van der Waals surface area contributed by atoms with Crippen molar-refractivity contribution in [1.29, 1.82) is 0 Å². The summed E-state index contributed by atoms with van der Waals surface area (Å²) in [4.78, 5) is 5.10. The maximum absolute atomic E-state index is 5.34. The Kier molecular flexibility index (Phi) is 5.59. The van der Waals surface area contributed by atoms with E-state index in [1.165, 1.54) is 45.3 Å². The first-order valence-corrected chi connectivity index (χ1v) is 6.79. The number of likely N-dealkylation sites (tertiary alicyclic amines) is 1. The molecule has 0 unspecified atom stereocenters. The summed E-state index contributed by atoms with van der Waals surface area (Å²) in [5.41, 5.74) is 0. The van der Waals surface area contributed by atoms with Gasteiger partial charge in [0.1, 0.15) is 0 Å². The third-order valence-electron chi connectivity index (χ3n) is 3.59. The molecule has 0 aromatic rings. The third kappa shape index (κ3) is 4.40. The number of nitrogens with zero attached hydrogens (tertiary/aromatic N) is 2. The van der Waals surface area contributed by atoms with Crippen LogP contribution in [0, 0.1) is 6.42 Å². The number of ether oxygens (including phenoxy) is 1. The van der Waals surface area contributed by atoms with Crippen molar-refractivity contribution in [3.63, 3.8) is 0 Å². The second-order valence-electron chi connectivity index (χ2n) is 4.89. The van der Waals surface area contributed by atoms with Gasteiger partial charge in [-0.1, -0.05) is 6.42 Å². The van der Waals surface area contributed by atoms with E-state index in [4.69, 9.17) is 4.74 Å². The van der Waals surface area contributed by atoms with Crippen LogP contribution < -0.4 is 0 Å². The minimum absolute atomic E-state index is 0.917. The van der Waals surface area contributed by atoms with E-state index >= 15 is 0 Å². The zero-order valence-electron chi connectivity index (χ0n) is 10.4. The molecule has 0 N–H and O–H groups in total. The van der Waals surface area contributed by atoms with Crippen LogP contribution in [-0.2, 0) is 4.74 Å². The minimum Gasteiger partial charge on any atom is -0.379 e. The maximum atomic E-state index is 5.34. The summed E-state index contributed by atoms with van der Waals surface area (Å²) in [5, 5.41) is 0. The van der Waals surface area contributed by atoms with Crippen molar-refractivity contribution in [3.8, 4) is 0 Å². The zero-order valence-corrected chi connectivity index (χ0v) is 10.4. The van der Waals surface area contributed by atoms with Gasteiger partial charge in [0.05, 0.1) is 13.2 Å². The number of hydrogen-bond donors (Lipinski definition) is 0. The van der Waals surface area contributed by atoms with E-state index in [1.54, 1.807) is 0 Å². The molecule has 0 atom stereocenters. The SMILES string of the molecule is [CH](CCN1CCCCC1)CN1CCOCC1. The number of piperidine rings is 1. The molecule has 0 aromatic carbocycles. The Morgan fingerprint density at radius 3 is 2.38 bits per heavy atom. The predicted octanol–water partition coefficient (Wildman–Crippen LogP) is 1.40. The molecule has 93 valence electrons. The lowest BCUT2D eigenvalue weighted by Crippen LogP contribution is -2.37. The molecule has 3 nitrogen and oxygen atoms in total.